The van der Waals surface area contributed by atoms with Crippen LogP contribution in [0.15, 0.2) is 18.2 Å². The van der Waals surface area contributed by atoms with Gasteiger partial charge in [-0.3, -0.25) is 9.69 Å². The van der Waals surface area contributed by atoms with Gasteiger partial charge in [-0.2, -0.15) is 0 Å². The number of amides is 1. The smallest absolute Gasteiger partial charge is 0.251 e. The van der Waals surface area contributed by atoms with Crippen LogP contribution < -0.4 is 5.32 Å². The maximum atomic E-state index is 12.6. The van der Waals surface area contributed by atoms with Gasteiger partial charge in [0.15, 0.2) is 0 Å². The Hall–Kier alpha value is -1.43. The van der Waals surface area contributed by atoms with E-state index in [1.807, 2.05) is 19.1 Å². The molecule has 0 aliphatic carbocycles. The van der Waals surface area contributed by atoms with Crippen molar-refractivity contribution in [3.05, 3.63) is 34.9 Å². The summed E-state index contributed by atoms with van der Waals surface area (Å²) in [5.41, 5.74) is 2.90. The fourth-order valence-corrected chi connectivity index (χ4v) is 3.66. The van der Waals surface area contributed by atoms with Gasteiger partial charge in [0.25, 0.3) is 5.91 Å². The van der Waals surface area contributed by atoms with Crippen LogP contribution in [0.4, 0.5) is 0 Å². The first kappa shape index (κ1) is 17.4. The number of hydrogen-bond acceptors (Lipinski definition) is 4. The van der Waals surface area contributed by atoms with Crippen LogP contribution in [0.5, 0.6) is 0 Å². The highest BCUT2D eigenvalue weighted by Gasteiger charge is 2.24. The zero-order chi connectivity index (χ0) is 16.9. The number of likely N-dealkylation sites (tertiary alicyclic amines) is 1. The number of carbonyl (C=O) groups is 1. The molecule has 2 heterocycles. The average Bonchev–Trinajstić information content (AvgIpc) is 3.04. The van der Waals surface area contributed by atoms with Crippen molar-refractivity contribution in [2.24, 2.45) is 0 Å². The first-order valence-electron chi connectivity index (χ1n) is 9.00. The SMILES string of the molecule is Cc1ccc(CN2CCC[C@@H]2CO)cc1C(=O)NC1CCOCC1. The third-order valence-electron chi connectivity index (χ3n) is 5.20. The largest absolute Gasteiger partial charge is 0.395 e. The summed E-state index contributed by atoms with van der Waals surface area (Å²) in [6.45, 7) is 5.45. The van der Waals surface area contributed by atoms with E-state index in [0.29, 0.717) is 0 Å². The molecule has 0 radical (unpaired) electrons. The van der Waals surface area contributed by atoms with Crippen LogP contribution in [0, 0.1) is 6.92 Å². The van der Waals surface area contributed by atoms with Crippen LogP contribution >= 0.6 is 0 Å². The van der Waals surface area contributed by atoms with Crippen molar-refractivity contribution in [2.75, 3.05) is 26.4 Å². The molecular weight excluding hydrogens is 304 g/mol. The fourth-order valence-electron chi connectivity index (χ4n) is 3.66. The van der Waals surface area contributed by atoms with Crippen LogP contribution in [0.2, 0.25) is 0 Å². The summed E-state index contributed by atoms with van der Waals surface area (Å²) in [5, 5.41) is 12.6. The van der Waals surface area contributed by atoms with Gasteiger partial charge in [0, 0.05) is 37.4 Å². The summed E-state index contributed by atoms with van der Waals surface area (Å²) >= 11 is 0. The molecule has 1 amide bonds. The topological polar surface area (TPSA) is 61.8 Å². The third kappa shape index (κ3) is 4.15. The van der Waals surface area contributed by atoms with Crippen molar-refractivity contribution in [1.29, 1.82) is 0 Å². The Balaban J connectivity index is 1.67. The van der Waals surface area contributed by atoms with Gasteiger partial charge in [-0.15, -0.1) is 0 Å². The van der Waals surface area contributed by atoms with E-state index in [1.54, 1.807) is 0 Å². The summed E-state index contributed by atoms with van der Waals surface area (Å²) in [7, 11) is 0. The number of hydrogen-bond donors (Lipinski definition) is 2. The lowest BCUT2D eigenvalue weighted by molar-refractivity contribution is 0.0696. The maximum Gasteiger partial charge on any atom is 0.251 e. The van der Waals surface area contributed by atoms with E-state index in [2.05, 4.69) is 16.3 Å². The molecule has 2 aliphatic heterocycles. The lowest BCUT2D eigenvalue weighted by Gasteiger charge is -2.24. The number of rotatable bonds is 5. The minimum atomic E-state index is 0.0152. The molecule has 1 aromatic rings. The van der Waals surface area contributed by atoms with E-state index in [1.165, 1.54) is 0 Å². The Kier molecular flexibility index (Phi) is 5.87. The van der Waals surface area contributed by atoms with E-state index in [9.17, 15) is 9.90 Å². The highest BCUT2D eigenvalue weighted by atomic mass is 16.5. The van der Waals surface area contributed by atoms with E-state index in [0.717, 1.165) is 68.7 Å². The molecule has 3 rings (SSSR count). The van der Waals surface area contributed by atoms with Crippen molar-refractivity contribution in [2.45, 2.75) is 51.2 Å². The molecule has 2 N–H and O–H groups in total. The fraction of sp³-hybridized carbons (Fsp3) is 0.632. The van der Waals surface area contributed by atoms with Gasteiger partial charge in [-0.25, -0.2) is 0 Å². The van der Waals surface area contributed by atoms with Crippen LogP contribution in [-0.4, -0.2) is 54.4 Å². The second-order valence-corrected chi connectivity index (χ2v) is 6.96. The molecule has 1 atom stereocenters. The van der Waals surface area contributed by atoms with Crippen LogP contribution in [0.25, 0.3) is 0 Å². The Morgan fingerprint density at radius 1 is 1.33 bits per heavy atom. The van der Waals surface area contributed by atoms with Gasteiger partial charge in [0.2, 0.25) is 0 Å². The van der Waals surface area contributed by atoms with Crippen molar-refractivity contribution in [3.63, 3.8) is 0 Å². The van der Waals surface area contributed by atoms with Gasteiger partial charge in [-0.1, -0.05) is 12.1 Å². The van der Waals surface area contributed by atoms with E-state index in [4.69, 9.17) is 4.74 Å². The molecule has 0 saturated carbocycles. The lowest BCUT2D eigenvalue weighted by atomic mass is 10.0. The quantitative estimate of drug-likeness (QED) is 0.864. The maximum absolute atomic E-state index is 12.6. The molecule has 2 aliphatic rings. The Labute approximate surface area is 144 Å². The number of ether oxygens (including phenoxy) is 1. The minimum absolute atomic E-state index is 0.0152. The molecule has 0 unspecified atom stereocenters. The molecule has 5 heteroatoms. The molecule has 0 spiro atoms. The monoisotopic (exact) mass is 332 g/mol. The number of aliphatic hydroxyl groups excluding tert-OH is 1. The number of benzene rings is 1. The summed E-state index contributed by atoms with van der Waals surface area (Å²) in [6.07, 6.45) is 3.96. The zero-order valence-corrected chi connectivity index (χ0v) is 14.5. The molecule has 0 bridgehead atoms. The van der Waals surface area contributed by atoms with Crippen molar-refractivity contribution in [1.82, 2.24) is 10.2 Å². The predicted octanol–water partition coefficient (Wildman–Crippen LogP) is 1.86. The summed E-state index contributed by atoms with van der Waals surface area (Å²) in [6, 6.07) is 6.60. The van der Waals surface area contributed by atoms with Gasteiger partial charge < -0.3 is 15.2 Å². The Bertz CT molecular complexity index is 570. The van der Waals surface area contributed by atoms with E-state index in [-0.39, 0.29) is 24.6 Å². The molecule has 24 heavy (non-hydrogen) atoms. The molecule has 5 nitrogen and oxygen atoms in total. The summed E-state index contributed by atoms with van der Waals surface area (Å²) in [5.74, 6) is 0.0152. The Morgan fingerprint density at radius 3 is 2.88 bits per heavy atom. The highest BCUT2D eigenvalue weighted by molar-refractivity contribution is 5.96. The van der Waals surface area contributed by atoms with Gasteiger partial charge >= 0.3 is 0 Å². The van der Waals surface area contributed by atoms with Crippen molar-refractivity contribution >= 4 is 5.91 Å². The number of aryl methyl sites for hydroxylation is 1. The third-order valence-corrected chi connectivity index (χ3v) is 5.20. The molecule has 2 fully saturated rings. The molecule has 132 valence electrons. The van der Waals surface area contributed by atoms with E-state index >= 15 is 0 Å². The molecule has 0 aromatic heterocycles. The summed E-state index contributed by atoms with van der Waals surface area (Å²) < 4.78 is 5.35. The van der Waals surface area contributed by atoms with Crippen molar-refractivity contribution in [3.8, 4) is 0 Å². The van der Waals surface area contributed by atoms with Crippen LogP contribution in [0.1, 0.15) is 47.2 Å². The van der Waals surface area contributed by atoms with Gasteiger partial charge in [-0.05, 0) is 56.3 Å². The second kappa shape index (κ2) is 8.10. The minimum Gasteiger partial charge on any atom is -0.395 e. The molecule has 2 saturated heterocycles. The van der Waals surface area contributed by atoms with Crippen LogP contribution in [-0.2, 0) is 11.3 Å². The number of nitrogens with zero attached hydrogens (tertiary/aromatic N) is 1. The van der Waals surface area contributed by atoms with E-state index < -0.39 is 0 Å². The first-order chi connectivity index (χ1) is 11.7. The number of carbonyl (C=O) groups excluding carboxylic acids is 1. The van der Waals surface area contributed by atoms with Crippen molar-refractivity contribution < 1.29 is 14.6 Å². The predicted molar refractivity (Wildman–Crippen MR) is 93.0 cm³/mol. The standard InChI is InChI=1S/C19H28N2O3/c1-14-4-5-15(12-21-8-2-3-17(21)13-22)11-18(14)19(23)20-16-6-9-24-10-7-16/h4-5,11,16-17,22H,2-3,6-10,12-13H2,1H3,(H,20,23)/t17-/m1/s1. The summed E-state index contributed by atoms with van der Waals surface area (Å²) in [4.78, 5) is 14.9. The van der Waals surface area contributed by atoms with Crippen LogP contribution in [0.3, 0.4) is 0 Å². The second-order valence-electron chi connectivity index (χ2n) is 6.96. The average molecular weight is 332 g/mol. The first-order valence-corrected chi connectivity index (χ1v) is 9.00. The molecular formula is C19H28N2O3. The Morgan fingerprint density at radius 2 is 2.12 bits per heavy atom. The highest BCUT2D eigenvalue weighted by Crippen LogP contribution is 2.21. The lowest BCUT2D eigenvalue weighted by Crippen LogP contribution is -2.39. The number of nitrogens with one attached hydrogen (secondary N) is 1. The normalized spacial score (nSPS) is 22.7. The zero-order valence-electron chi connectivity index (χ0n) is 14.5. The number of aliphatic hydroxyl groups is 1. The van der Waals surface area contributed by atoms with Gasteiger partial charge in [0.05, 0.1) is 6.61 Å². The van der Waals surface area contributed by atoms with Gasteiger partial charge in [0.1, 0.15) is 0 Å². The molecule has 1 aromatic carbocycles.